The van der Waals surface area contributed by atoms with Gasteiger partial charge in [0.15, 0.2) is 5.78 Å². The SMILES string of the molecule is COc1ccc(C(=O)C2CCN(C(=O)CNC(=O)c3cc(C)oc3C)CC2)cc1. The maximum absolute atomic E-state index is 12.7. The van der Waals surface area contributed by atoms with Crippen molar-refractivity contribution in [3.05, 3.63) is 53.0 Å². The highest BCUT2D eigenvalue weighted by Crippen LogP contribution is 2.23. The number of piperidine rings is 1. The van der Waals surface area contributed by atoms with Gasteiger partial charge in [-0.1, -0.05) is 0 Å². The zero-order valence-electron chi connectivity index (χ0n) is 17.0. The highest BCUT2D eigenvalue weighted by Gasteiger charge is 2.28. The molecule has 3 rings (SSSR count). The van der Waals surface area contributed by atoms with Crippen molar-refractivity contribution < 1.29 is 23.5 Å². The molecule has 2 amide bonds. The largest absolute Gasteiger partial charge is 0.497 e. The average molecular weight is 398 g/mol. The fourth-order valence-corrected chi connectivity index (χ4v) is 3.60. The van der Waals surface area contributed by atoms with Crippen LogP contribution in [0.4, 0.5) is 0 Å². The van der Waals surface area contributed by atoms with Crippen LogP contribution in [-0.4, -0.2) is 49.2 Å². The molecule has 2 heterocycles. The fraction of sp³-hybridized carbons (Fsp3) is 0.409. The lowest BCUT2D eigenvalue weighted by molar-refractivity contribution is -0.131. The van der Waals surface area contributed by atoms with Gasteiger partial charge in [-0.2, -0.15) is 0 Å². The van der Waals surface area contributed by atoms with Crippen molar-refractivity contribution in [3.8, 4) is 5.75 Å². The van der Waals surface area contributed by atoms with Gasteiger partial charge < -0.3 is 19.4 Å². The first-order valence-electron chi connectivity index (χ1n) is 9.70. The van der Waals surface area contributed by atoms with Crippen molar-refractivity contribution >= 4 is 17.6 Å². The molecule has 2 aromatic rings. The Morgan fingerprint density at radius 1 is 1.14 bits per heavy atom. The average Bonchev–Trinajstić information content (AvgIpc) is 3.09. The zero-order chi connectivity index (χ0) is 21.0. The molecule has 1 aromatic carbocycles. The minimum Gasteiger partial charge on any atom is -0.497 e. The Kier molecular flexibility index (Phi) is 6.36. The van der Waals surface area contributed by atoms with Crippen molar-refractivity contribution in [2.24, 2.45) is 5.92 Å². The number of hydrogen-bond donors (Lipinski definition) is 1. The number of likely N-dealkylation sites (tertiary alicyclic amines) is 1. The van der Waals surface area contributed by atoms with Crippen molar-refractivity contribution in [1.29, 1.82) is 0 Å². The number of ketones is 1. The van der Waals surface area contributed by atoms with Crippen LogP contribution in [0.5, 0.6) is 5.75 Å². The molecule has 0 radical (unpaired) electrons. The molecule has 1 aliphatic rings. The Labute approximate surface area is 170 Å². The van der Waals surface area contributed by atoms with E-state index in [9.17, 15) is 14.4 Å². The molecule has 7 nitrogen and oxygen atoms in total. The predicted octanol–water partition coefficient (Wildman–Crippen LogP) is 2.76. The number of nitrogens with zero attached hydrogens (tertiary/aromatic N) is 1. The number of carbonyl (C=O) groups excluding carboxylic acids is 3. The minimum atomic E-state index is -0.322. The molecule has 1 aromatic heterocycles. The number of aryl methyl sites for hydroxylation is 2. The van der Waals surface area contributed by atoms with E-state index >= 15 is 0 Å². The summed E-state index contributed by atoms with van der Waals surface area (Å²) in [5, 5.41) is 2.65. The zero-order valence-corrected chi connectivity index (χ0v) is 17.0. The Hall–Kier alpha value is -3.09. The van der Waals surface area contributed by atoms with E-state index in [1.165, 1.54) is 0 Å². The van der Waals surface area contributed by atoms with Crippen LogP contribution >= 0.6 is 0 Å². The van der Waals surface area contributed by atoms with E-state index in [4.69, 9.17) is 9.15 Å². The molecular formula is C22H26N2O5. The number of benzene rings is 1. The summed E-state index contributed by atoms with van der Waals surface area (Å²) in [4.78, 5) is 39.0. The number of amides is 2. The second kappa shape index (κ2) is 8.94. The lowest BCUT2D eigenvalue weighted by atomic mass is 9.89. The number of carbonyl (C=O) groups is 3. The van der Waals surface area contributed by atoms with Crippen molar-refractivity contribution in [3.63, 3.8) is 0 Å². The third-order valence-electron chi connectivity index (χ3n) is 5.28. The van der Waals surface area contributed by atoms with Gasteiger partial charge in [0.2, 0.25) is 5.91 Å². The maximum Gasteiger partial charge on any atom is 0.255 e. The van der Waals surface area contributed by atoms with Gasteiger partial charge >= 0.3 is 0 Å². The first-order chi connectivity index (χ1) is 13.9. The van der Waals surface area contributed by atoms with Gasteiger partial charge in [-0.15, -0.1) is 0 Å². The molecule has 0 atom stereocenters. The Balaban J connectivity index is 1.48. The molecule has 1 fully saturated rings. The van der Waals surface area contributed by atoms with Crippen molar-refractivity contribution in [2.75, 3.05) is 26.7 Å². The van der Waals surface area contributed by atoms with Gasteiger partial charge in [0, 0.05) is 24.6 Å². The molecule has 1 saturated heterocycles. The van der Waals surface area contributed by atoms with Crippen LogP contribution in [-0.2, 0) is 4.79 Å². The summed E-state index contributed by atoms with van der Waals surface area (Å²) in [6.45, 7) is 4.43. The number of hydrogen-bond acceptors (Lipinski definition) is 5. The molecule has 0 spiro atoms. The van der Waals surface area contributed by atoms with E-state index in [0.717, 1.165) is 0 Å². The molecule has 29 heavy (non-hydrogen) atoms. The molecule has 154 valence electrons. The van der Waals surface area contributed by atoms with Gasteiger partial charge in [0.05, 0.1) is 19.2 Å². The van der Waals surface area contributed by atoms with E-state index in [-0.39, 0.29) is 30.1 Å². The molecule has 1 aliphatic heterocycles. The third-order valence-corrected chi connectivity index (χ3v) is 5.28. The van der Waals surface area contributed by atoms with Crippen LogP contribution < -0.4 is 10.1 Å². The second-order valence-corrected chi connectivity index (χ2v) is 7.26. The first kappa shape index (κ1) is 20.6. The maximum atomic E-state index is 12.7. The highest BCUT2D eigenvalue weighted by atomic mass is 16.5. The Bertz CT molecular complexity index is 892. The van der Waals surface area contributed by atoms with E-state index < -0.39 is 0 Å². The topological polar surface area (TPSA) is 88.9 Å². The summed E-state index contributed by atoms with van der Waals surface area (Å²) < 4.78 is 10.5. The summed E-state index contributed by atoms with van der Waals surface area (Å²) in [5.74, 6) is 1.43. The number of Topliss-reactive ketones (excluding diaryl/α,β-unsaturated/α-hetero) is 1. The van der Waals surface area contributed by atoms with Crippen LogP contribution in [0.3, 0.4) is 0 Å². The molecule has 1 N–H and O–H groups in total. The smallest absolute Gasteiger partial charge is 0.255 e. The van der Waals surface area contributed by atoms with Gasteiger partial charge in [-0.3, -0.25) is 14.4 Å². The quantitative estimate of drug-likeness (QED) is 0.756. The number of nitrogens with one attached hydrogen (secondary N) is 1. The van der Waals surface area contributed by atoms with E-state index in [2.05, 4.69) is 5.32 Å². The van der Waals surface area contributed by atoms with Crippen LogP contribution in [0.15, 0.2) is 34.7 Å². The van der Waals surface area contributed by atoms with Gasteiger partial charge in [-0.25, -0.2) is 0 Å². The molecular weight excluding hydrogens is 372 g/mol. The summed E-state index contributed by atoms with van der Waals surface area (Å²) in [6, 6.07) is 8.75. The van der Waals surface area contributed by atoms with E-state index in [0.29, 0.717) is 54.3 Å². The van der Waals surface area contributed by atoms with Crippen LogP contribution in [0.25, 0.3) is 0 Å². The second-order valence-electron chi connectivity index (χ2n) is 7.26. The summed E-state index contributed by atoms with van der Waals surface area (Å²) in [7, 11) is 1.59. The first-order valence-corrected chi connectivity index (χ1v) is 9.70. The van der Waals surface area contributed by atoms with Gasteiger partial charge in [0.25, 0.3) is 5.91 Å². The van der Waals surface area contributed by atoms with Crippen LogP contribution in [0.2, 0.25) is 0 Å². The third kappa shape index (κ3) is 4.85. The van der Waals surface area contributed by atoms with Crippen LogP contribution in [0, 0.1) is 19.8 Å². The summed E-state index contributed by atoms with van der Waals surface area (Å²) in [6.07, 6.45) is 1.23. The van der Waals surface area contributed by atoms with Gasteiger partial charge in [0.1, 0.15) is 17.3 Å². The fourth-order valence-electron chi connectivity index (χ4n) is 3.60. The van der Waals surface area contributed by atoms with Crippen LogP contribution in [0.1, 0.15) is 45.1 Å². The molecule has 0 unspecified atom stereocenters. The van der Waals surface area contributed by atoms with Crippen molar-refractivity contribution in [2.45, 2.75) is 26.7 Å². The summed E-state index contributed by atoms with van der Waals surface area (Å²) >= 11 is 0. The molecule has 0 bridgehead atoms. The monoisotopic (exact) mass is 398 g/mol. The number of furan rings is 1. The molecule has 0 aliphatic carbocycles. The van der Waals surface area contributed by atoms with E-state index in [1.54, 1.807) is 56.2 Å². The lowest BCUT2D eigenvalue weighted by Gasteiger charge is -2.31. The predicted molar refractivity (Wildman–Crippen MR) is 107 cm³/mol. The lowest BCUT2D eigenvalue weighted by Crippen LogP contribution is -2.45. The minimum absolute atomic E-state index is 0.0698. The number of ether oxygens (including phenoxy) is 1. The van der Waals surface area contributed by atoms with Crippen molar-refractivity contribution in [1.82, 2.24) is 10.2 Å². The Morgan fingerprint density at radius 3 is 2.34 bits per heavy atom. The normalized spacial score (nSPS) is 14.5. The van der Waals surface area contributed by atoms with Gasteiger partial charge in [-0.05, 0) is 57.0 Å². The number of rotatable bonds is 6. The Morgan fingerprint density at radius 2 is 1.79 bits per heavy atom. The highest BCUT2D eigenvalue weighted by molar-refractivity contribution is 5.98. The van der Waals surface area contributed by atoms with E-state index in [1.807, 2.05) is 0 Å². The standard InChI is InChI=1S/C22H26N2O5/c1-14-12-19(15(2)29-14)22(27)23-13-20(25)24-10-8-17(9-11-24)21(26)16-4-6-18(28-3)7-5-16/h4-7,12,17H,8-11,13H2,1-3H3,(H,23,27). The summed E-state index contributed by atoms with van der Waals surface area (Å²) in [5.41, 5.74) is 1.10. The molecule has 7 heteroatoms. The number of methoxy groups -OCH3 is 1. The molecule has 0 saturated carbocycles.